The Hall–Kier alpha value is -1.26. The molecule has 1 aromatic carbocycles. The Kier molecular flexibility index (Phi) is 9.52. The van der Waals surface area contributed by atoms with Crippen LogP contribution in [-0.2, 0) is 6.42 Å². The quantitative estimate of drug-likeness (QED) is 0.260. The lowest BCUT2D eigenvalue weighted by atomic mass is 9.68. The molecule has 0 amide bonds. The summed E-state index contributed by atoms with van der Waals surface area (Å²) in [6.07, 6.45) is 17.2. The van der Waals surface area contributed by atoms with Crippen LogP contribution in [0.25, 0.3) is 0 Å². The molecule has 0 heterocycles. The summed E-state index contributed by atoms with van der Waals surface area (Å²) in [5.74, 6) is 0.129. The average molecular weight is 443 g/mol. The molecule has 2 saturated carbocycles. The van der Waals surface area contributed by atoms with E-state index in [9.17, 15) is 17.6 Å². The molecule has 0 spiro atoms. The lowest BCUT2D eigenvalue weighted by Crippen LogP contribution is -2.26. The van der Waals surface area contributed by atoms with Gasteiger partial charge in [0.2, 0.25) is 5.82 Å². The molecule has 2 aliphatic carbocycles. The molecule has 5 heteroatoms. The van der Waals surface area contributed by atoms with E-state index in [2.05, 4.69) is 11.7 Å². The first kappa shape index (κ1) is 24.4. The zero-order chi connectivity index (χ0) is 22.2. The fraction of sp³-hybridized carbons (Fsp3) is 0.769. The van der Waals surface area contributed by atoms with Gasteiger partial charge in [-0.3, -0.25) is 0 Å². The molecule has 176 valence electrons. The van der Waals surface area contributed by atoms with E-state index >= 15 is 0 Å². The van der Waals surface area contributed by atoms with E-state index in [0.717, 1.165) is 43.1 Å². The smallest absolute Gasteiger partial charge is 0.387 e. The summed E-state index contributed by atoms with van der Waals surface area (Å²) in [5, 5.41) is 0. The van der Waals surface area contributed by atoms with E-state index in [0.29, 0.717) is 12.3 Å². The van der Waals surface area contributed by atoms with Gasteiger partial charge in [0.15, 0.2) is 11.6 Å². The Balaban J connectivity index is 1.39. The van der Waals surface area contributed by atoms with Crippen molar-refractivity contribution >= 4 is 0 Å². The second kappa shape index (κ2) is 12.1. The van der Waals surface area contributed by atoms with Gasteiger partial charge in [-0.15, -0.1) is 0 Å². The molecule has 0 bridgehead atoms. The number of hydrogen-bond donors (Lipinski definition) is 0. The van der Waals surface area contributed by atoms with Crippen molar-refractivity contribution in [1.82, 2.24) is 0 Å². The van der Waals surface area contributed by atoms with Gasteiger partial charge in [0, 0.05) is 0 Å². The predicted molar refractivity (Wildman–Crippen MR) is 116 cm³/mol. The van der Waals surface area contributed by atoms with Crippen molar-refractivity contribution < 1.29 is 22.3 Å². The number of alkyl halides is 2. The second-order valence-corrected chi connectivity index (χ2v) is 9.83. The van der Waals surface area contributed by atoms with Crippen molar-refractivity contribution in [2.24, 2.45) is 23.7 Å². The van der Waals surface area contributed by atoms with Gasteiger partial charge in [0.1, 0.15) is 0 Å². The number of hydrogen-bond acceptors (Lipinski definition) is 1. The third kappa shape index (κ3) is 7.12. The van der Waals surface area contributed by atoms with E-state index < -0.39 is 24.0 Å². The van der Waals surface area contributed by atoms with Crippen LogP contribution in [-0.4, -0.2) is 6.61 Å². The van der Waals surface area contributed by atoms with Crippen LogP contribution in [0.4, 0.5) is 17.6 Å². The summed E-state index contributed by atoms with van der Waals surface area (Å²) in [5.41, 5.74) is 0.252. The molecule has 2 fully saturated rings. The minimum absolute atomic E-state index is 0.252. The first-order valence-electron chi connectivity index (χ1n) is 12.4. The van der Waals surface area contributed by atoms with E-state index in [1.807, 2.05) is 0 Å². The normalized spacial score (nSPS) is 26.9. The zero-order valence-electron chi connectivity index (χ0n) is 18.9. The van der Waals surface area contributed by atoms with E-state index in [-0.39, 0.29) is 5.56 Å². The fourth-order valence-corrected chi connectivity index (χ4v) is 5.89. The third-order valence-electron chi connectivity index (χ3n) is 7.83. The van der Waals surface area contributed by atoms with Gasteiger partial charge >= 0.3 is 6.61 Å². The standard InChI is InChI=1S/C26H38F4O/c1-2-3-4-5-18-6-11-20(12-7-18)21-13-8-19(9-14-21)10-15-22-16-17-23(31-26(29)30)25(28)24(22)27/h16-21,26H,2-15H2,1H3/t18-,19-,20-,21-. The summed E-state index contributed by atoms with van der Waals surface area (Å²) < 4.78 is 56.7. The maximum Gasteiger partial charge on any atom is 0.387 e. The van der Waals surface area contributed by atoms with Crippen molar-refractivity contribution in [2.75, 3.05) is 0 Å². The lowest BCUT2D eigenvalue weighted by molar-refractivity contribution is -0.0525. The topological polar surface area (TPSA) is 9.23 Å². The highest BCUT2D eigenvalue weighted by atomic mass is 19.3. The summed E-state index contributed by atoms with van der Waals surface area (Å²) >= 11 is 0. The van der Waals surface area contributed by atoms with Crippen LogP contribution in [0.2, 0.25) is 0 Å². The molecule has 31 heavy (non-hydrogen) atoms. The summed E-state index contributed by atoms with van der Waals surface area (Å²) in [4.78, 5) is 0. The molecular weight excluding hydrogens is 404 g/mol. The Morgan fingerprint density at radius 1 is 0.806 bits per heavy atom. The first-order valence-corrected chi connectivity index (χ1v) is 12.4. The van der Waals surface area contributed by atoms with Crippen LogP contribution < -0.4 is 4.74 Å². The molecule has 0 atom stereocenters. The predicted octanol–water partition coefficient (Wildman–Crippen LogP) is 8.69. The Labute approximate surface area is 184 Å². The summed E-state index contributed by atoms with van der Waals surface area (Å²) in [6.45, 7) is -0.894. The number of unbranched alkanes of at least 4 members (excludes halogenated alkanes) is 2. The maximum absolute atomic E-state index is 14.2. The van der Waals surface area contributed by atoms with Crippen molar-refractivity contribution in [2.45, 2.75) is 103 Å². The van der Waals surface area contributed by atoms with Crippen LogP contribution in [0.5, 0.6) is 5.75 Å². The van der Waals surface area contributed by atoms with Gasteiger partial charge in [0.05, 0.1) is 0 Å². The van der Waals surface area contributed by atoms with Crippen molar-refractivity contribution in [3.63, 3.8) is 0 Å². The van der Waals surface area contributed by atoms with Crippen molar-refractivity contribution in [1.29, 1.82) is 0 Å². The molecule has 0 N–H and O–H groups in total. The fourth-order valence-electron chi connectivity index (χ4n) is 5.89. The highest BCUT2D eigenvalue weighted by Gasteiger charge is 2.30. The van der Waals surface area contributed by atoms with Gasteiger partial charge < -0.3 is 4.74 Å². The Morgan fingerprint density at radius 3 is 1.94 bits per heavy atom. The van der Waals surface area contributed by atoms with Gasteiger partial charge in [-0.2, -0.15) is 13.2 Å². The summed E-state index contributed by atoms with van der Waals surface area (Å²) in [6, 6.07) is 2.48. The summed E-state index contributed by atoms with van der Waals surface area (Å²) in [7, 11) is 0. The highest BCUT2D eigenvalue weighted by molar-refractivity contribution is 5.31. The zero-order valence-corrected chi connectivity index (χ0v) is 18.9. The van der Waals surface area contributed by atoms with E-state index in [1.54, 1.807) is 0 Å². The minimum atomic E-state index is -3.16. The van der Waals surface area contributed by atoms with Crippen LogP contribution in [0.15, 0.2) is 12.1 Å². The molecule has 0 saturated heterocycles. The Morgan fingerprint density at radius 2 is 1.39 bits per heavy atom. The second-order valence-electron chi connectivity index (χ2n) is 9.83. The third-order valence-corrected chi connectivity index (χ3v) is 7.83. The average Bonchev–Trinajstić information content (AvgIpc) is 2.77. The number of halogens is 4. The largest absolute Gasteiger partial charge is 0.432 e. The van der Waals surface area contributed by atoms with Crippen molar-refractivity contribution in [3.05, 3.63) is 29.3 Å². The molecular formula is C26H38F4O. The Bertz CT molecular complexity index is 662. The monoisotopic (exact) mass is 442 g/mol. The molecule has 0 unspecified atom stereocenters. The van der Waals surface area contributed by atoms with Crippen LogP contribution in [0, 0.1) is 35.3 Å². The number of ether oxygens (including phenoxy) is 1. The van der Waals surface area contributed by atoms with Gasteiger partial charge in [-0.05, 0) is 73.8 Å². The van der Waals surface area contributed by atoms with Crippen LogP contribution >= 0.6 is 0 Å². The SMILES string of the molecule is CCCCC[C@H]1CC[C@H]([C@H]2CC[C@H](CCc3ccc(OC(F)F)c(F)c3F)CC2)CC1. The number of aryl methyl sites for hydroxylation is 1. The highest BCUT2D eigenvalue weighted by Crippen LogP contribution is 2.43. The van der Waals surface area contributed by atoms with Crippen molar-refractivity contribution in [3.8, 4) is 5.75 Å². The maximum atomic E-state index is 14.2. The first-order chi connectivity index (χ1) is 15.0. The molecule has 1 aromatic rings. The van der Waals surface area contributed by atoms with E-state index in [1.165, 1.54) is 70.3 Å². The number of benzene rings is 1. The molecule has 1 nitrogen and oxygen atoms in total. The van der Waals surface area contributed by atoms with Crippen LogP contribution in [0.1, 0.15) is 96.0 Å². The van der Waals surface area contributed by atoms with E-state index in [4.69, 9.17) is 0 Å². The molecule has 2 aliphatic rings. The van der Waals surface area contributed by atoms with Gasteiger partial charge in [0.25, 0.3) is 0 Å². The minimum Gasteiger partial charge on any atom is -0.432 e. The van der Waals surface area contributed by atoms with Gasteiger partial charge in [-0.25, -0.2) is 4.39 Å². The van der Waals surface area contributed by atoms with Crippen LogP contribution in [0.3, 0.4) is 0 Å². The molecule has 0 radical (unpaired) electrons. The molecule has 0 aromatic heterocycles. The number of rotatable bonds is 10. The lowest BCUT2D eigenvalue weighted by Gasteiger charge is -2.38. The molecule has 0 aliphatic heterocycles. The van der Waals surface area contributed by atoms with Gasteiger partial charge in [-0.1, -0.05) is 64.4 Å². The molecule has 3 rings (SSSR count).